The molecular formula is C90H64N4. The van der Waals surface area contributed by atoms with Gasteiger partial charge >= 0.3 is 0 Å². The van der Waals surface area contributed by atoms with E-state index >= 15 is 0 Å². The van der Waals surface area contributed by atoms with Gasteiger partial charge in [0.1, 0.15) is 0 Å². The Morgan fingerprint density at radius 2 is 0.404 bits per heavy atom. The first kappa shape index (κ1) is 56.7. The van der Waals surface area contributed by atoms with Gasteiger partial charge in [0.2, 0.25) is 0 Å². The summed E-state index contributed by atoms with van der Waals surface area (Å²) < 4.78 is 4.78. The molecule has 0 amide bonds. The molecule has 2 heterocycles. The number of fused-ring (bicyclic) bond motifs is 6. The van der Waals surface area contributed by atoms with Crippen molar-refractivity contribution in [3.63, 3.8) is 0 Å². The minimum Gasteiger partial charge on any atom is -0.310 e. The summed E-state index contributed by atoms with van der Waals surface area (Å²) in [5.41, 5.74) is 25.9. The zero-order valence-corrected chi connectivity index (χ0v) is 51.7. The van der Waals surface area contributed by atoms with Crippen LogP contribution in [0.3, 0.4) is 0 Å². The van der Waals surface area contributed by atoms with Gasteiger partial charge in [-0.25, -0.2) is 0 Å². The molecule has 0 aliphatic carbocycles. The molecule has 0 bridgehead atoms. The second-order valence-electron chi connectivity index (χ2n) is 23.7. The molecule has 0 aliphatic rings. The van der Waals surface area contributed by atoms with E-state index in [0.29, 0.717) is 0 Å². The number of aromatic nitrogens is 2. The van der Waals surface area contributed by atoms with Crippen molar-refractivity contribution in [2.75, 3.05) is 9.80 Å². The molecule has 0 N–H and O–H groups in total. The molecule has 0 saturated heterocycles. The summed E-state index contributed by atoms with van der Waals surface area (Å²) in [7, 11) is 0. The lowest BCUT2D eigenvalue weighted by Gasteiger charge is -2.26. The highest BCUT2D eigenvalue weighted by molar-refractivity contribution is 6.11. The number of benzene rings is 15. The summed E-state index contributed by atoms with van der Waals surface area (Å²) in [5.74, 6) is 0. The van der Waals surface area contributed by atoms with Crippen molar-refractivity contribution in [1.82, 2.24) is 9.13 Å². The molecule has 0 unspecified atom stereocenters. The molecule has 0 aliphatic heterocycles. The minimum absolute atomic E-state index is 1.12. The van der Waals surface area contributed by atoms with Crippen molar-refractivity contribution in [1.29, 1.82) is 0 Å². The zero-order valence-electron chi connectivity index (χ0n) is 51.7. The van der Waals surface area contributed by atoms with Gasteiger partial charge in [-0.2, -0.15) is 0 Å². The minimum atomic E-state index is 1.12. The third-order valence-electron chi connectivity index (χ3n) is 17.9. The van der Waals surface area contributed by atoms with Crippen molar-refractivity contribution >= 4 is 77.7 Å². The van der Waals surface area contributed by atoms with Gasteiger partial charge < -0.3 is 18.9 Å². The van der Waals surface area contributed by atoms with Crippen molar-refractivity contribution < 1.29 is 0 Å². The van der Waals surface area contributed by atoms with E-state index < -0.39 is 0 Å². The quantitative estimate of drug-likeness (QED) is 0.114. The fraction of sp³-hybridized carbons (Fsp3) is 0. The molecule has 15 aromatic carbocycles. The molecule has 4 nitrogen and oxygen atoms in total. The molecule has 0 fully saturated rings. The summed E-state index contributed by atoms with van der Waals surface area (Å²) in [6.07, 6.45) is 0. The van der Waals surface area contributed by atoms with Gasteiger partial charge in [-0.15, -0.1) is 0 Å². The lowest BCUT2D eigenvalue weighted by Crippen LogP contribution is -2.09. The van der Waals surface area contributed by atoms with E-state index in [9.17, 15) is 0 Å². The van der Waals surface area contributed by atoms with Crippen LogP contribution in [0.5, 0.6) is 0 Å². The van der Waals surface area contributed by atoms with Crippen molar-refractivity contribution in [3.8, 4) is 67.0 Å². The number of nitrogens with zero attached hydrogens (tertiary/aromatic N) is 4. The van der Waals surface area contributed by atoms with Crippen LogP contribution in [0.2, 0.25) is 0 Å². The molecule has 17 aromatic rings. The van der Waals surface area contributed by atoms with Crippen LogP contribution in [0.1, 0.15) is 0 Å². The largest absolute Gasteiger partial charge is 0.310 e. The Balaban J connectivity index is 0.000000150. The van der Waals surface area contributed by atoms with Crippen LogP contribution in [0.15, 0.2) is 388 Å². The van der Waals surface area contributed by atoms with E-state index in [4.69, 9.17) is 0 Å². The Labute approximate surface area is 548 Å². The van der Waals surface area contributed by atoms with E-state index in [0.717, 1.165) is 39.8 Å². The predicted molar refractivity (Wildman–Crippen MR) is 398 cm³/mol. The maximum atomic E-state index is 2.40. The SMILES string of the molecule is c1ccc(-c2ccc(-n3c4ccccc4c4ccc(-c5cccc(-c6cccc(N(c7ccccc7)c7ccccc7)c6)c5)cc43)cc2)cc1.c1ccc(N(c2ccccc2)c2cccc(-c3cccc(-c4ccc5c6ccccc6n(-c6ccccc6)c5c4)c3)c2)cc1. The average molecular weight is 1200 g/mol. The van der Waals surface area contributed by atoms with Gasteiger partial charge in [-0.1, -0.05) is 255 Å². The van der Waals surface area contributed by atoms with Crippen molar-refractivity contribution in [2.24, 2.45) is 0 Å². The van der Waals surface area contributed by atoms with E-state index in [1.807, 2.05) is 0 Å². The normalized spacial score (nSPS) is 11.2. The van der Waals surface area contributed by atoms with Gasteiger partial charge in [-0.05, 0) is 189 Å². The molecule has 17 rings (SSSR count). The predicted octanol–water partition coefficient (Wildman–Crippen LogP) is 24.8. The highest BCUT2D eigenvalue weighted by Gasteiger charge is 2.19. The first-order chi connectivity index (χ1) is 46.6. The summed E-state index contributed by atoms with van der Waals surface area (Å²) in [4.78, 5) is 4.62. The van der Waals surface area contributed by atoms with Gasteiger partial charge in [0, 0.05) is 67.0 Å². The van der Waals surface area contributed by atoms with Crippen LogP contribution in [-0.4, -0.2) is 9.13 Å². The van der Waals surface area contributed by atoms with Crippen LogP contribution in [0, 0.1) is 0 Å². The molecule has 94 heavy (non-hydrogen) atoms. The Hall–Kier alpha value is -12.5. The first-order valence-corrected chi connectivity index (χ1v) is 32.1. The van der Waals surface area contributed by atoms with Gasteiger partial charge in [0.05, 0.1) is 22.1 Å². The molecule has 444 valence electrons. The standard InChI is InChI=1S/C48H34N2.C42H30N2/c1-4-14-35(15-5-1)36-26-29-43(30-27-36)50-47-25-11-10-24-45(47)46-31-28-40(34-48(46)50)38-17-12-16-37(32-38)39-18-13-23-44(33-39)49(41-19-6-2-7-20-41)42-21-8-3-9-22-42;1-4-17-35(18-5-1)43(36-19-6-2-7-20-36)38-23-13-16-33(29-38)31-14-12-15-32(28-31)34-26-27-40-39-24-10-11-25-41(39)44(42(40)30-34)37-21-8-3-9-22-37/h1-34H;1-30H. The van der Waals surface area contributed by atoms with E-state index in [-0.39, 0.29) is 0 Å². The average Bonchev–Trinajstić information content (AvgIpc) is 1.60. The number of anilines is 6. The Kier molecular flexibility index (Phi) is 15.3. The summed E-state index contributed by atoms with van der Waals surface area (Å²) in [6, 6.07) is 139. The monoisotopic (exact) mass is 1200 g/mol. The molecule has 0 atom stereocenters. The number of hydrogen-bond donors (Lipinski definition) is 0. The van der Waals surface area contributed by atoms with Crippen LogP contribution in [0.25, 0.3) is 111 Å². The first-order valence-electron chi connectivity index (χ1n) is 32.1. The fourth-order valence-electron chi connectivity index (χ4n) is 13.5. The molecule has 0 saturated carbocycles. The van der Waals surface area contributed by atoms with E-state index in [1.165, 1.54) is 105 Å². The molecule has 2 aromatic heterocycles. The zero-order chi connectivity index (χ0) is 62.6. The number of rotatable bonds is 13. The second-order valence-corrected chi connectivity index (χ2v) is 23.7. The molecular weight excluding hydrogens is 1140 g/mol. The van der Waals surface area contributed by atoms with Gasteiger partial charge in [0.25, 0.3) is 0 Å². The third kappa shape index (κ3) is 11.2. The summed E-state index contributed by atoms with van der Waals surface area (Å²) in [5, 5.41) is 5.04. The maximum absolute atomic E-state index is 2.40. The van der Waals surface area contributed by atoms with Crippen LogP contribution < -0.4 is 9.80 Å². The lowest BCUT2D eigenvalue weighted by molar-refractivity contribution is 1.18. The highest BCUT2D eigenvalue weighted by Crippen LogP contribution is 2.42. The number of hydrogen-bond acceptors (Lipinski definition) is 2. The summed E-state index contributed by atoms with van der Waals surface area (Å²) >= 11 is 0. The van der Waals surface area contributed by atoms with Gasteiger partial charge in [0.15, 0.2) is 0 Å². The maximum Gasteiger partial charge on any atom is 0.0547 e. The van der Waals surface area contributed by atoms with Crippen LogP contribution >= 0.6 is 0 Å². The Morgan fingerprint density at radius 3 is 0.798 bits per heavy atom. The number of para-hydroxylation sites is 7. The molecule has 0 spiro atoms. The molecule has 0 radical (unpaired) electrons. The van der Waals surface area contributed by atoms with Crippen LogP contribution in [0.4, 0.5) is 34.1 Å². The van der Waals surface area contributed by atoms with E-state index in [2.05, 4.69) is 407 Å². The van der Waals surface area contributed by atoms with E-state index in [1.54, 1.807) is 0 Å². The fourth-order valence-corrected chi connectivity index (χ4v) is 13.5. The third-order valence-corrected chi connectivity index (χ3v) is 17.9. The molecule has 4 heteroatoms. The highest BCUT2D eigenvalue weighted by atomic mass is 15.1. The smallest absolute Gasteiger partial charge is 0.0547 e. The second kappa shape index (κ2) is 25.4. The summed E-state index contributed by atoms with van der Waals surface area (Å²) in [6.45, 7) is 0. The van der Waals surface area contributed by atoms with Gasteiger partial charge in [-0.3, -0.25) is 0 Å². The lowest BCUT2D eigenvalue weighted by atomic mass is 9.97. The van der Waals surface area contributed by atoms with Crippen molar-refractivity contribution in [3.05, 3.63) is 388 Å². The topological polar surface area (TPSA) is 16.3 Å². The van der Waals surface area contributed by atoms with Crippen molar-refractivity contribution in [2.45, 2.75) is 0 Å². The Morgan fingerprint density at radius 1 is 0.149 bits per heavy atom. The Bertz CT molecular complexity index is 5390. The van der Waals surface area contributed by atoms with Crippen LogP contribution in [-0.2, 0) is 0 Å².